The molecule has 0 aliphatic carbocycles. The van der Waals surface area contributed by atoms with Gasteiger partial charge in [-0.1, -0.05) is 26.2 Å². The number of amides is 1. The number of benzene rings is 1. The number of nitrogens with one attached hydrogen (secondary N) is 1. The van der Waals surface area contributed by atoms with Crippen LogP contribution >= 0.6 is 43.6 Å². The molecule has 7 heteroatoms. The van der Waals surface area contributed by atoms with E-state index in [-0.39, 0.29) is 11.2 Å². The summed E-state index contributed by atoms with van der Waals surface area (Å²) in [5.74, 6) is 1.77. The number of halogens is 2. The summed E-state index contributed by atoms with van der Waals surface area (Å²) in [5.41, 5.74) is 4.54. The standard InChI is InChI=1S/C17H22Br2N2O2S/c1-3-4-5-6-7-24-15-10-14(20-21-17(15)22)11-8-12(18)16(23-2)13(19)9-11/h8-9,15H,3-7,10H2,1-2H3,(H,21,22). The van der Waals surface area contributed by atoms with Crippen molar-refractivity contribution in [2.24, 2.45) is 5.10 Å². The summed E-state index contributed by atoms with van der Waals surface area (Å²) < 4.78 is 7.05. The number of thioether (sulfide) groups is 1. The molecule has 0 aromatic heterocycles. The SMILES string of the molecule is CCCCCCSC1CC(c2cc(Br)c(OC)c(Br)c2)=NNC1=O. The molecule has 0 fully saturated rings. The van der Waals surface area contributed by atoms with Crippen LogP contribution in [0.5, 0.6) is 5.75 Å². The van der Waals surface area contributed by atoms with Crippen LogP contribution in [0.4, 0.5) is 0 Å². The van der Waals surface area contributed by atoms with Crippen LogP contribution in [-0.2, 0) is 4.79 Å². The lowest BCUT2D eigenvalue weighted by Crippen LogP contribution is -2.37. The summed E-state index contributed by atoms with van der Waals surface area (Å²) in [6.45, 7) is 2.20. The molecule has 0 radical (unpaired) electrons. The molecule has 1 N–H and O–H groups in total. The van der Waals surface area contributed by atoms with Crippen molar-refractivity contribution in [3.8, 4) is 5.75 Å². The van der Waals surface area contributed by atoms with Gasteiger partial charge in [0.25, 0.3) is 5.91 Å². The van der Waals surface area contributed by atoms with Crippen molar-refractivity contribution in [1.82, 2.24) is 5.43 Å². The first-order chi connectivity index (χ1) is 11.6. The van der Waals surface area contributed by atoms with Gasteiger partial charge in [0.2, 0.25) is 0 Å². The van der Waals surface area contributed by atoms with Gasteiger partial charge in [0.05, 0.1) is 27.0 Å². The van der Waals surface area contributed by atoms with E-state index in [0.29, 0.717) is 6.42 Å². The second kappa shape index (κ2) is 9.82. The quantitative estimate of drug-likeness (QED) is 0.528. The molecule has 2 rings (SSSR count). The molecule has 1 aliphatic heterocycles. The Kier molecular flexibility index (Phi) is 8.10. The molecule has 1 aliphatic rings. The first-order valence-electron chi connectivity index (χ1n) is 8.08. The number of methoxy groups -OCH3 is 1. The molecular formula is C17H22Br2N2O2S. The van der Waals surface area contributed by atoms with Gasteiger partial charge in [-0.15, -0.1) is 11.8 Å². The molecule has 4 nitrogen and oxygen atoms in total. The topological polar surface area (TPSA) is 50.7 Å². The summed E-state index contributed by atoms with van der Waals surface area (Å²) >= 11 is 8.76. The zero-order valence-electron chi connectivity index (χ0n) is 13.9. The van der Waals surface area contributed by atoms with Gasteiger partial charge in [-0.05, 0) is 56.2 Å². The Labute approximate surface area is 164 Å². The molecule has 1 heterocycles. The number of carbonyl (C=O) groups is 1. The maximum atomic E-state index is 12.0. The van der Waals surface area contributed by atoms with E-state index in [1.165, 1.54) is 19.3 Å². The Morgan fingerprint density at radius 3 is 2.62 bits per heavy atom. The van der Waals surface area contributed by atoms with Crippen molar-refractivity contribution in [2.75, 3.05) is 12.9 Å². The lowest BCUT2D eigenvalue weighted by atomic mass is 10.0. The van der Waals surface area contributed by atoms with E-state index < -0.39 is 0 Å². The Morgan fingerprint density at radius 2 is 2.00 bits per heavy atom. The van der Waals surface area contributed by atoms with Crippen LogP contribution in [0.1, 0.15) is 44.6 Å². The van der Waals surface area contributed by atoms with Crippen molar-refractivity contribution in [2.45, 2.75) is 44.3 Å². The normalized spacial score (nSPS) is 17.4. The molecule has 0 bridgehead atoms. The first kappa shape index (κ1) is 19.8. The largest absolute Gasteiger partial charge is 0.494 e. The molecule has 132 valence electrons. The maximum absolute atomic E-state index is 12.0. The molecule has 0 spiro atoms. The number of unbranched alkanes of at least 4 members (excludes halogenated alkanes) is 3. The lowest BCUT2D eigenvalue weighted by Gasteiger charge is -2.21. The van der Waals surface area contributed by atoms with Crippen molar-refractivity contribution >= 4 is 55.2 Å². The number of nitrogens with zero attached hydrogens (tertiary/aromatic N) is 1. The van der Waals surface area contributed by atoms with E-state index in [1.807, 2.05) is 12.1 Å². The predicted molar refractivity (Wildman–Crippen MR) is 108 cm³/mol. The third kappa shape index (κ3) is 5.23. The molecule has 0 saturated carbocycles. The highest BCUT2D eigenvalue weighted by Gasteiger charge is 2.26. The van der Waals surface area contributed by atoms with Gasteiger partial charge in [-0.2, -0.15) is 5.10 Å². The fourth-order valence-electron chi connectivity index (χ4n) is 2.50. The van der Waals surface area contributed by atoms with Crippen molar-refractivity contribution in [1.29, 1.82) is 0 Å². The number of carbonyl (C=O) groups excluding carboxylic acids is 1. The number of hydrogen-bond donors (Lipinski definition) is 1. The molecule has 1 unspecified atom stereocenters. The fraction of sp³-hybridized carbons (Fsp3) is 0.529. The van der Waals surface area contributed by atoms with E-state index in [2.05, 4.69) is 49.3 Å². The fourth-order valence-corrected chi connectivity index (χ4v) is 5.15. The molecule has 24 heavy (non-hydrogen) atoms. The van der Waals surface area contributed by atoms with Crippen LogP contribution in [0.3, 0.4) is 0 Å². The summed E-state index contributed by atoms with van der Waals surface area (Å²) in [6.07, 6.45) is 5.53. The van der Waals surface area contributed by atoms with Gasteiger partial charge in [-0.25, -0.2) is 5.43 Å². The Bertz CT molecular complexity index is 600. The minimum atomic E-state index is -0.0706. The van der Waals surface area contributed by atoms with Gasteiger partial charge in [0, 0.05) is 12.0 Å². The monoisotopic (exact) mass is 476 g/mol. The summed E-state index contributed by atoms with van der Waals surface area (Å²) in [7, 11) is 1.63. The summed E-state index contributed by atoms with van der Waals surface area (Å²) in [4.78, 5) is 12.0. The minimum Gasteiger partial charge on any atom is -0.494 e. The zero-order chi connectivity index (χ0) is 17.5. The lowest BCUT2D eigenvalue weighted by molar-refractivity contribution is -0.120. The molecule has 1 aromatic rings. The van der Waals surface area contributed by atoms with E-state index in [9.17, 15) is 4.79 Å². The summed E-state index contributed by atoms with van der Waals surface area (Å²) in [6, 6.07) is 3.95. The van der Waals surface area contributed by atoms with Gasteiger partial charge >= 0.3 is 0 Å². The van der Waals surface area contributed by atoms with E-state index in [0.717, 1.165) is 38.1 Å². The minimum absolute atomic E-state index is 0.00545. The number of ether oxygens (including phenoxy) is 1. The number of hydrogen-bond acceptors (Lipinski definition) is 4. The Hall–Kier alpha value is -0.530. The van der Waals surface area contributed by atoms with Crippen molar-refractivity contribution < 1.29 is 9.53 Å². The van der Waals surface area contributed by atoms with Crippen LogP contribution in [0, 0.1) is 0 Å². The van der Waals surface area contributed by atoms with E-state index in [4.69, 9.17) is 4.74 Å². The van der Waals surface area contributed by atoms with Gasteiger partial charge < -0.3 is 4.74 Å². The number of rotatable bonds is 8. The maximum Gasteiger partial charge on any atom is 0.253 e. The third-order valence-electron chi connectivity index (χ3n) is 3.82. The van der Waals surface area contributed by atoms with E-state index in [1.54, 1.807) is 18.9 Å². The molecule has 0 saturated heterocycles. The van der Waals surface area contributed by atoms with Crippen molar-refractivity contribution in [3.63, 3.8) is 0 Å². The number of hydrazone groups is 1. The van der Waals surface area contributed by atoms with Gasteiger partial charge in [0.15, 0.2) is 0 Å². The average Bonchev–Trinajstić information content (AvgIpc) is 2.56. The average molecular weight is 478 g/mol. The highest BCUT2D eigenvalue weighted by atomic mass is 79.9. The van der Waals surface area contributed by atoms with Crippen LogP contribution in [0.15, 0.2) is 26.2 Å². The molecule has 1 amide bonds. The van der Waals surface area contributed by atoms with Crippen LogP contribution in [0.2, 0.25) is 0 Å². The smallest absolute Gasteiger partial charge is 0.253 e. The van der Waals surface area contributed by atoms with Gasteiger partial charge in [-0.3, -0.25) is 4.79 Å². The van der Waals surface area contributed by atoms with Crippen LogP contribution in [-0.4, -0.2) is 29.7 Å². The highest BCUT2D eigenvalue weighted by molar-refractivity contribution is 9.11. The Balaban J connectivity index is 2.03. The summed E-state index contributed by atoms with van der Waals surface area (Å²) in [5, 5.41) is 4.18. The first-order valence-corrected chi connectivity index (χ1v) is 10.7. The van der Waals surface area contributed by atoms with Crippen molar-refractivity contribution in [3.05, 3.63) is 26.6 Å². The zero-order valence-corrected chi connectivity index (χ0v) is 17.9. The van der Waals surface area contributed by atoms with Gasteiger partial charge in [0.1, 0.15) is 5.75 Å². The second-order valence-electron chi connectivity index (χ2n) is 5.63. The van der Waals surface area contributed by atoms with Crippen LogP contribution < -0.4 is 10.2 Å². The highest BCUT2D eigenvalue weighted by Crippen LogP contribution is 2.35. The second-order valence-corrected chi connectivity index (χ2v) is 8.65. The molecule has 1 aromatic carbocycles. The van der Waals surface area contributed by atoms with E-state index >= 15 is 0 Å². The molecule has 1 atom stereocenters. The predicted octanol–water partition coefficient (Wildman–Crippen LogP) is 5.13. The molecular weight excluding hydrogens is 456 g/mol. The third-order valence-corrected chi connectivity index (χ3v) is 6.31. The Morgan fingerprint density at radius 1 is 1.29 bits per heavy atom. The van der Waals surface area contributed by atoms with Crippen LogP contribution in [0.25, 0.3) is 0 Å².